The third-order valence-corrected chi connectivity index (χ3v) is 6.08. The fourth-order valence-corrected chi connectivity index (χ4v) is 4.32. The Kier molecular flexibility index (Phi) is 7.29. The van der Waals surface area contributed by atoms with E-state index < -0.39 is 11.6 Å². The van der Waals surface area contributed by atoms with Crippen molar-refractivity contribution in [3.05, 3.63) is 87.7 Å². The molecule has 0 aliphatic carbocycles. The van der Waals surface area contributed by atoms with Crippen molar-refractivity contribution in [3.8, 4) is 0 Å². The molecule has 0 bridgehead atoms. The highest BCUT2D eigenvalue weighted by Gasteiger charge is 2.25. The SMILES string of the molecule is CCn1c(=O)cc(C2=CCN(C(=O)OC(C)(C)C)CC2)c2cc(C(=O)OCc3ccccc3)ccc21. The van der Waals surface area contributed by atoms with Gasteiger partial charge in [0.25, 0.3) is 5.56 Å². The summed E-state index contributed by atoms with van der Waals surface area (Å²) in [4.78, 5) is 39.8. The van der Waals surface area contributed by atoms with Gasteiger partial charge >= 0.3 is 12.1 Å². The highest BCUT2D eigenvalue weighted by molar-refractivity contribution is 5.99. The van der Waals surface area contributed by atoms with Gasteiger partial charge in [0.15, 0.2) is 0 Å². The fourth-order valence-electron chi connectivity index (χ4n) is 4.32. The molecule has 2 heterocycles. The van der Waals surface area contributed by atoms with E-state index in [4.69, 9.17) is 9.47 Å². The van der Waals surface area contributed by atoms with E-state index in [1.165, 1.54) is 0 Å². The fraction of sp³-hybridized carbons (Fsp3) is 0.345. The Hall–Kier alpha value is -3.87. The summed E-state index contributed by atoms with van der Waals surface area (Å²) in [7, 11) is 0. The minimum absolute atomic E-state index is 0.102. The molecule has 0 spiro atoms. The van der Waals surface area contributed by atoms with E-state index in [2.05, 4.69) is 0 Å². The Labute approximate surface area is 210 Å². The van der Waals surface area contributed by atoms with Crippen molar-refractivity contribution in [2.45, 2.75) is 52.9 Å². The summed E-state index contributed by atoms with van der Waals surface area (Å²) in [5, 5.41) is 0.808. The molecule has 188 valence electrons. The Morgan fingerprint density at radius 3 is 2.42 bits per heavy atom. The van der Waals surface area contributed by atoms with Crippen molar-refractivity contribution in [3.63, 3.8) is 0 Å². The first-order chi connectivity index (χ1) is 17.2. The topological polar surface area (TPSA) is 77.8 Å². The van der Waals surface area contributed by atoms with Crippen LogP contribution in [0.25, 0.3) is 16.5 Å². The molecule has 0 radical (unpaired) electrons. The molecule has 1 aliphatic rings. The van der Waals surface area contributed by atoms with E-state index >= 15 is 0 Å². The molecule has 7 heteroatoms. The number of hydrogen-bond donors (Lipinski definition) is 0. The van der Waals surface area contributed by atoms with Crippen molar-refractivity contribution >= 4 is 28.5 Å². The van der Waals surface area contributed by atoms with Gasteiger partial charge in [-0.1, -0.05) is 36.4 Å². The number of ether oxygens (including phenoxy) is 2. The molecule has 0 saturated carbocycles. The number of amides is 1. The second-order valence-electron chi connectivity index (χ2n) is 9.84. The van der Waals surface area contributed by atoms with Gasteiger partial charge in [-0.2, -0.15) is 0 Å². The molecular weight excluding hydrogens is 456 g/mol. The van der Waals surface area contributed by atoms with E-state index in [0.717, 1.165) is 27.6 Å². The molecule has 4 rings (SSSR count). The van der Waals surface area contributed by atoms with Crippen LogP contribution in [0.5, 0.6) is 0 Å². The van der Waals surface area contributed by atoms with E-state index in [1.54, 1.807) is 33.7 Å². The van der Waals surface area contributed by atoms with E-state index in [9.17, 15) is 14.4 Å². The summed E-state index contributed by atoms with van der Waals surface area (Å²) >= 11 is 0. The second kappa shape index (κ2) is 10.4. The largest absolute Gasteiger partial charge is 0.457 e. The zero-order valence-corrected chi connectivity index (χ0v) is 21.2. The number of esters is 1. The first-order valence-electron chi connectivity index (χ1n) is 12.2. The normalized spacial score (nSPS) is 13.9. The predicted molar refractivity (Wildman–Crippen MR) is 140 cm³/mol. The third-order valence-electron chi connectivity index (χ3n) is 6.08. The number of aryl methyl sites for hydroxylation is 1. The van der Waals surface area contributed by atoms with Gasteiger partial charge in [-0.05, 0) is 69.0 Å². The second-order valence-corrected chi connectivity index (χ2v) is 9.84. The molecule has 3 aromatic rings. The van der Waals surface area contributed by atoms with Crippen LogP contribution in [0.15, 0.2) is 65.5 Å². The van der Waals surface area contributed by atoms with Gasteiger partial charge in [-0.3, -0.25) is 4.79 Å². The Morgan fingerprint density at radius 1 is 1.03 bits per heavy atom. The van der Waals surface area contributed by atoms with Crippen LogP contribution >= 0.6 is 0 Å². The van der Waals surface area contributed by atoms with Crippen LogP contribution in [0.1, 0.15) is 55.6 Å². The zero-order chi connectivity index (χ0) is 25.9. The van der Waals surface area contributed by atoms with E-state index in [-0.39, 0.29) is 18.3 Å². The predicted octanol–water partition coefficient (Wildman–Crippen LogP) is 5.40. The third kappa shape index (κ3) is 5.67. The first kappa shape index (κ1) is 25.2. The lowest BCUT2D eigenvalue weighted by Gasteiger charge is -2.30. The van der Waals surface area contributed by atoms with E-state index in [0.29, 0.717) is 31.6 Å². The summed E-state index contributed by atoms with van der Waals surface area (Å²) in [5.74, 6) is -0.422. The number of aromatic nitrogens is 1. The van der Waals surface area contributed by atoms with Gasteiger partial charge in [0.1, 0.15) is 12.2 Å². The van der Waals surface area contributed by atoms with Gasteiger partial charge in [-0.25, -0.2) is 9.59 Å². The van der Waals surface area contributed by atoms with E-state index in [1.807, 2.05) is 64.1 Å². The van der Waals surface area contributed by atoms with Gasteiger partial charge in [0.2, 0.25) is 0 Å². The number of nitrogens with zero attached hydrogens (tertiary/aromatic N) is 2. The molecule has 0 atom stereocenters. The monoisotopic (exact) mass is 488 g/mol. The highest BCUT2D eigenvalue weighted by Crippen LogP contribution is 2.30. The lowest BCUT2D eigenvalue weighted by Crippen LogP contribution is -2.39. The van der Waals surface area contributed by atoms with Crippen molar-refractivity contribution in [1.82, 2.24) is 9.47 Å². The minimum Gasteiger partial charge on any atom is -0.457 e. The number of hydrogen-bond acceptors (Lipinski definition) is 5. The number of pyridine rings is 1. The molecule has 1 aromatic heterocycles. The average Bonchev–Trinajstić information content (AvgIpc) is 2.86. The molecule has 7 nitrogen and oxygen atoms in total. The van der Waals surface area contributed by atoms with Crippen LogP contribution in [-0.4, -0.2) is 40.2 Å². The highest BCUT2D eigenvalue weighted by atomic mass is 16.6. The van der Waals surface area contributed by atoms with Crippen LogP contribution in [0, 0.1) is 0 Å². The van der Waals surface area contributed by atoms with Crippen LogP contribution in [0.4, 0.5) is 4.79 Å². The van der Waals surface area contributed by atoms with Gasteiger partial charge in [0.05, 0.1) is 11.1 Å². The molecule has 1 aliphatic heterocycles. The number of carbonyl (C=O) groups excluding carboxylic acids is 2. The van der Waals surface area contributed by atoms with Crippen molar-refractivity contribution < 1.29 is 19.1 Å². The zero-order valence-electron chi connectivity index (χ0n) is 21.2. The van der Waals surface area contributed by atoms with Gasteiger partial charge in [-0.15, -0.1) is 0 Å². The van der Waals surface area contributed by atoms with Crippen LogP contribution < -0.4 is 5.56 Å². The lowest BCUT2D eigenvalue weighted by molar-refractivity contribution is 0.0270. The molecule has 2 aromatic carbocycles. The maximum atomic E-state index is 12.9. The number of carbonyl (C=O) groups is 2. The number of rotatable bonds is 5. The Morgan fingerprint density at radius 2 is 1.78 bits per heavy atom. The standard InChI is InChI=1S/C29H32N2O5/c1-5-31-25-12-11-22(27(33)35-19-20-9-7-6-8-10-20)17-24(25)23(18-26(31)32)21-13-15-30(16-14-21)28(34)36-29(2,3)4/h6-13,17-18H,5,14-16,19H2,1-4H3. The van der Waals surface area contributed by atoms with Crippen LogP contribution in [0.3, 0.4) is 0 Å². The maximum Gasteiger partial charge on any atom is 0.410 e. The molecule has 0 N–H and O–H groups in total. The van der Waals surface area contributed by atoms with Crippen LogP contribution in [0.2, 0.25) is 0 Å². The summed E-state index contributed by atoms with van der Waals surface area (Å²) < 4.78 is 12.7. The van der Waals surface area contributed by atoms with Gasteiger partial charge in [0, 0.05) is 31.1 Å². The summed E-state index contributed by atoms with van der Waals surface area (Å²) in [6.07, 6.45) is 2.18. The summed E-state index contributed by atoms with van der Waals surface area (Å²) in [5.41, 5.74) is 3.18. The summed E-state index contributed by atoms with van der Waals surface area (Å²) in [6, 6.07) is 16.4. The molecular formula is C29H32N2O5. The van der Waals surface area contributed by atoms with Gasteiger partial charge < -0.3 is 18.9 Å². The quantitative estimate of drug-likeness (QED) is 0.449. The molecule has 0 saturated heterocycles. The van der Waals surface area contributed by atoms with Crippen molar-refractivity contribution in [1.29, 1.82) is 0 Å². The van der Waals surface area contributed by atoms with Crippen LogP contribution in [-0.2, 0) is 22.6 Å². The number of fused-ring (bicyclic) bond motifs is 1. The summed E-state index contributed by atoms with van der Waals surface area (Å²) in [6.45, 7) is 9.01. The molecule has 0 fully saturated rings. The molecule has 0 unspecified atom stereocenters. The minimum atomic E-state index is -0.562. The first-order valence-corrected chi connectivity index (χ1v) is 12.2. The van der Waals surface area contributed by atoms with Crippen molar-refractivity contribution in [2.24, 2.45) is 0 Å². The van der Waals surface area contributed by atoms with Crippen molar-refractivity contribution in [2.75, 3.05) is 13.1 Å². The molecule has 36 heavy (non-hydrogen) atoms. The lowest BCUT2D eigenvalue weighted by atomic mass is 9.95. The molecule has 1 amide bonds. The Balaban J connectivity index is 1.64. The smallest absolute Gasteiger partial charge is 0.410 e. The number of benzene rings is 2. The maximum absolute atomic E-state index is 12.9. The Bertz CT molecular complexity index is 1370. The average molecular weight is 489 g/mol.